The Labute approximate surface area is 96.9 Å². The molecule has 1 N–H and O–H groups in total. The number of hydrogen-bond donors (Lipinski definition) is 1. The average Bonchev–Trinajstić information content (AvgIpc) is 2.21. The van der Waals surface area contributed by atoms with Gasteiger partial charge in [0, 0.05) is 32.3 Å². The molecule has 0 aromatic heterocycles. The molecule has 0 saturated heterocycles. The first kappa shape index (κ1) is 14.6. The smallest absolute Gasteiger partial charge is 0.418 e. The molecule has 0 spiro atoms. The molecule has 0 aliphatic carbocycles. The Morgan fingerprint density at radius 3 is 2.00 bits per heavy atom. The zero-order chi connectivity index (χ0) is 11.7. The molecule has 0 bridgehead atoms. The van der Waals surface area contributed by atoms with Crippen molar-refractivity contribution in [3.63, 3.8) is 0 Å². The molecular weight excluding hydrogens is 212 g/mol. The van der Waals surface area contributed by atoms with Gasteiger partial charge < -0.3 is 5.11 Å². The van der Waals surface area contributed by atoms with E-state index in [0.29, 0.717) is 0 Å². The van der Waals surface area contributed by atoms with E-state index in [9.17, 15) is 4.79 Å². The Balaban J connectivity index is 3.92. The highest BCUT2D eigenvalue weighted by Gasteiger charge is 2.12. The first-order valence-corrected chi connectivity index (χ1v) is 6.24. The third-order valence-corrected chi connectivity index (χ3v) is 3.03. The summed E-state index contributed by atoms with van der Waals surface area (Å²) >= 11 is 1.30. The summed E-state index contributed by atoms with van der Waals surface area (Å²) in [7, 11) is 1.58. The molecule has 15 heavy (non-hydrogen) atoms. The highest BCUT2D eigenvalue weighted by Crippen LogP contribution is 2.16. The zero-order valence-electron chi connectivity index (χ0n) is 9.90. The van der Waals surface area contributed by atoms with Gasteiger partial charge in [0.05, 0.1) is 0 Å². The topological polar surface area (TPSA) is 43.8 Å². The quantitative estimate of drug-likeness (QED) is 0.656. The standard InChI is InChI=1S/C10H22N2O2S/c1-4-6-8-12(9-7-5-2)15-11(3)10(13)14/h4-9H2,1-3H3,(H,13,14). The van der Waals surface area contributed by atoms with Crippen LogP contribution in [0.15, 0.2) is 0 Å². The van der Waals surface area contributed by atoms with E-state index >= 15 is 0 Å². The fraction of sp³-hybridized carbons (Fsp3) is 0.900. The van der Waals surface area contributed by atoms with Gasteiger partial charge in [-0.3, -0.25) is 0 Å². The summed E-state index contributed by atoms with van der Waals surface area (Å²) in [5.74, 6) is 0. The van der Waals surface area contributed by atoms with Crippen LogP contribution >= 0.6 is 12.1 Å². The summed E-state index contributed by atoms with van der Waals surface area (Å²) < 4.78 is 3.38. The van der Waals surface area contributed by atoms with Gasteiger partial charge in [-0.15, -0.1) is 0 Å². The number of carbonyl (C=O) groups is 1. The summed E-state index contributed by atoms with van der Waals surface area (Å²) in [5.41, 5.74) is 0. The highest BCUT2D eigenvalue weighted by molar-refractivity contribution is 7.95. The van der Waals surface area contributed by atoms with Crippen LogP contribution in [0.1, 0.15) is 39.5 Å². The highest BCUT2D eigenvalue weighted by atomic mass is 32.2. The minimum absolute atomic E-state index is 0.891. The summed E-state index contributed by atoms with van der Waals surface area (Å²) in [6.45, 7) is 6.20. The molecule has 0 atom stereocenters. The van der Waals surface area contributed by atoms with Crippen LogP contribution in [0.5, 0.6) is 0 Å². The Bertz CT molecular complexity index is 171. The number of rotatable bonds is 8. The number of amides is 1. The Hall–Kier alpha value is -0.420. The van der Waals surface area contributed by atoms with Crippen molar-refractivity contribution >= 4 is 18.2 Å². The second kappa shape index (κ2) is 8.85. The lowest BCUT2D eigenvalue weighted by Gasteiger charge is -2.23. The molecule has 0 radical (unpaired) electrons. The maximum Gasteiger partial charge on any atom is 0.418 e. The minimum atomic E-state index is -0.891. The van der Waals surface area contributed by atoms with Crippen molar-refractivity contribution in [2.45, 2.75) is 39.5 Å². The molecule has 4 nitrogen and oxygen atoms in total. The van der Waals surface area contributed by atoms with Crippen LogP contribution in [0.2, 0.25) is 0 Å². The molecule has 0 aromatic carbocycles. The summed E-state index contributed by atoms with van der Waals surface area (Å²) in [5, 5.41) is 8.76. The van der Waals surface area contributed by atoms with Gasteiger partial charge >= 0.3 is 6.09 Å². The molecule has 0 saturated carbocycles. The third kappa shape index (κ3) is 7.50. The van der Waals surface area contributed by atoms with Gasteiger partial charge in [0.25, 0.3) is 0 Å². The molecule has 0 aliphatic rings. The lowest BCUT2D eigenvalue weighted by Crippen LogP contribution is -2.27. The van der Waals surface area contributed by atoms with Crippen LogP contribution in [0.3, 0.4) is 0 Å². The average molecular weight is 234 g/mol. The van der Waals surface area contributed by atoms with Crippen molar-refractivity contribution in [1.82, 2.24) is 8.61 Å². The lowest BCUT2D eigenvalue weighted by molar-refractivity contribution is 0.179. The van der Waals surface area contributed by atoms with Gasteiger partial charge in [0.15, 0.2) is 0 Å². The first-order valence-electron chi connectivity index (χ1n) is 5.51. The van der Waals surface area contributed by atoms with Gasteiger partial charge in [-0.05, 0) is 12.8 Å². The third-order valence-electron chi connectivity index (χ3n) is 2.03. The van der Waals surface area contributed by atoms with Crippen LogP contribution in [0.4, 0.5) is 4.79 Å². The van der Waals surface area contributed by atoms with Gasteiger partial charge in [0.2, 0.25) is 0 Å². The van der Waals surface area contributed by atoms with Gasteiger partial charge in [-0.25, -0.2) is 13.4 Å². The second-order valence-electron chi connectivity index (χ2n) is 3.50. The number of nitrogens with zero attached hydrogens (tertiary/aromatic N) is 2. The Kier molecular flexibility index (Phi) is 8.61. The summed E-state index contributed by atoms with van der Waals surface area (Å²) in [6, 6.07) is 0. The predicted molar refractivity (Wildman–Crippen MR) is 64.8 cm³/mol. The molecule has 90 valence electrons. The van der Waals surface area contributed by atoms with Crippen LogP contribution in [0, 0.1) is 0 Å². The Morgan fingerprint density at radius 2 is 1.67 bits per heavy atom. The SMILES string of the molecule is CCCCN(CCCC)SN(C)C(=O)O. The minimum Gasteiger partial charge on any atom is -0.464 e. The van der Waals surface area contributed by atoms with Crippen molar-refractivity contribution in [2.75, 3.05) is 20.1 Å². The fourth-order valence-electron chi connectivity index (χ4n) is 1.07. The molecular formula is C10H22N2O2S. The van der Waals surface area contributed by atoms with E-state index in [1.807, 2.05) is 0 Å². The second-order valence-corrected chi connectivity index (χ2v) is 4.73. The lowest BCUT2D eigenvalue weighted by atomic mass is 10.3. The molecule has 5 heteroatoms. The molecule has 0 aliphatic heterocycles. The molecule has 0 heterocycles. The number of hydrogen-bond acceptors (Lipinski definition) is 3. The summed E-state index contributed by atoms with van der Waals surface area (Å²) in [6.07, 6.45) is 3.62. The van der Waals surface area contributed by atoms with Crippen molar-refractivity contribution in [3.8, 4) is 0 Å². The van der Waals surface area contributed by atoms with Crippen LogP contribution in [-0.2, 0) is 0 Å². The first-order chi connectivity index (χ1) is 7.11. The molecule has 0 fully saturated rings. The maximum absolute atomic E-state index is 10.7. The monoisotopic (exact) mass is 234 g/mol. The predicted octanol–water partition coefficient (Wildman–Crippen LogP) is 3.06. The maximum atomic E-state index is 10.7. The van der Waals surface area contributed by atoms with E-state index in [-0.39, 0.29) is 0 Å². The van der Waals surface area contributed by atoms with Crippen LogP contribution in [0.25, 0.3) is 0 Å². The number of unbranched alkanes of at least 4 members (excludes halogenated alkanes) is 2. The normalized spacial score (nSPS) is 10.7. The van der Waals surface area contributed by atoms with E-state index < -0.39 is 6.09 Å². The van der Waals surface area contributed by atoms with Crippen molar-refractivity contribution in [1.29, 1.82) is 0 Å². The van der Waals surface area contributed by atoms with E-state index in [0.717, 1.165) is 38.8 Å². The van der Waals surface area contributed by atoms with E-state index in [4.69, 9.17) is 5.11 Å². The summed E-state index contributed by atoms with van der Waals surface area (Å²) in [4.78, 5) is 10.7. The Morgan fingerprint density at radius 1 is 1.20 bits per heavy atom. The molecule has 1 amide bonds. The van der Waals surface area contributed by atoms with Crippen molar-refractivity contribution < 1.29 is 9.90 Å². The van der Waals surface area contributed by atoms with Gasteiger partial charge in [0.1, 0.15) is 0 Å². The van der Waals surface area contributed by atoms with Gasteiger partial charge in [-0.1, -0.05) is 26.7 Å². The molecule has 0 unspecified atom stereocenters. The van der Waals surface area contributed by atoms with Crippen molar-refractivity contribution in [2.24, 2.45) is 0 Å². The van der Waals surface area contributed by atoms with E-state index in [1.165, 1.54) is 16.4 Å². The fourth-order valence-corrected chi connectivity index (χ4v) is 1.91. The molecule has 0 aromatic rings. The van der Waals surface area contributed by atoms with Crippen LogP contribution < -0.4 is 0 Å². The largest absolute Gasteiger partial charge is 0.464 e. The van der Waals surface area contributed by atoms with E-state index in [2.05, 4.69) is 18.2 Å². The molecule has 0 rings (SSSR count). The van der Waals surface area contributed by atoms with E-state index in [1.54, 1.807) is 7.05 Å². The number of carboxylic acid groups (broad SMARTS) is 1. The zero-order valence-corrected chi connectivity index (χ0v) is 10.7. The van der Waals surface area contributed by atoms with Gasteiger partial charge in [-0.2, -0.15) is 0 Å². The van der Waals surface area contributed by atoms with Crippen molar-refractivity contribution in [3.05, 3.63) is 0 Å². The van der Waals surface area contributed by atoms with Crippen LogP contribution in [-0.4, -0.2) is 39.9 Å².